The van der Waals surface area contributed by atoms with Crippen LogP contribution in [0.15, 0.2) is 76.7 Å². The highest BCUT2D eigenvalue weighted by Gasteiger charge is 2.13. The summed E-state index contributed by atoms with van der Waals surface area (Å²) < 4.78 is 5.39. The zero-order chi connectivity index (χ0) is 27.7. The fourth-order valence-electron chi connectivity index (χ4n) is 4.34. The molecule has 0 atom stereocenters. The topological polar surface area (TPSA) is 140 Å². The molecular weight excluding hydrogens is 508 g/mol. The SMILES string of the molecule is COc1ccc(NC(=O)Nc2ccc(C3=NCCCN3)cc2)cc1NC(=O)Nc1ccc(C2=NCCCN2)cc1. The molecule has 0 unspecified atom stereocenters. The lowest BCUT2D eigenvalue weighted by atomic mass is 10.1. The summed E-state index contributed by atoms with van der Waals surface area (Å²) in [4.78, 5) is 34.3. The van der Waals surface area contributed by atoms with Crippen LogP contribution < -0.4 is 36.6 Å². The molecule has 0 saturated carbocycles. The fourth-order valence-corrected chi connectivity index (χ4v) is 4.34. The van der Waals surface area contributed by atoms with E-state index >= 15 is 0 Å². The summed E-state index contributed by atoms with van der Waals surface area (Å²) in [7, 11) is 1.51. The quantitative estimate of drug-likeness (QED) is 0.263. The highest BCUT2D eigenvalue weighted by atomic mass is 16.5. The lowest BCUT2D eigenvalue weighted by molar-refractivity contribution is 0.261. The molecule has 206 valence electrons. The first kappa shape index (κ1) is 26.5. The number of amides is 4. The summed E-state index contributed by atoms with van der Waals surface area (Å²) >= 11 is 0. The van der Waals surface area contributed by atoms with E-state index in [2.05, 4.69) is 41.9 Å². The van der Waals surface area contributed by atoms with Crippen LogP contribution in [0, 0.1) is 0 Å². The van der Waals surface area contributed by atoms with Gasteiger partial charge in [-0.15, -0.1) is 0 Å². The second kappa shape index (κ2) is 12.7. The van der Waals surface area contributed by atoms with Crippen molar-refractivity contribution < 1.29 is 14.3 Å². The molecule has 3 aromatic rings. The third-order valence-electron chi connectivity index (χ3n) is 6.33. The summed E-state index contributed by atoms with van der Waals surface area (Å²) in [6.45, 7) is 3.43. The van der Waals surface area contributed by atoms with E-state index in [9.17, 15) is 9.59 Å². The van der Waals surface area contributed by atoms with Gasteiger partial charge in [-0.2, -0.15) is 0 Å². The van der Waals surface area contributed by atoms with Crippen molar-refractivity contribution in [1.82, 2.24) is 10.6 Å². The van der Waals surface area contributed by atoms with Crippen LogP contribution in [0.25, 0.3) is 0 Å². The maximum atomic E-state index is 12.7. The third-order valence-corrected chi connectivity index (χ3v) is 6.33. The standard InChI is InChI=1S/C29H32N8O3/c1-40-25-13-12-23(36-28(38)34-21-8-4-19(5-9-21)26-30-14-2-15-31-26)18-24(25)37-29(39)35-22-10-6-20(7-11-22)27-32-16-3-17-33-27/h4-13,18H,2-3,14-17H2,1H3,(H,30,31)(H,32,33)(H2,34,36,38)(H2,35,37,39). The molecule has 5 rings (SSSR count). The molecule has 0 spiro atoms. The molecule has 4 amide bonds. The third kappa shape index (κ3) is 6.87. The lowest BCUT2D eigenvalue weighted by Gasteiger charge is -2.16. The monoisotopic (exact) mass is 540 g/mol. The van der Waals surface area contributed by atoms with Crippen LogP contribution in [0.3, 0.4) is 0 Å². The highest BCUT2D eigenvalue weighted by Crippen LogP contribution is 2.28. The first-order valence-electron chi connectivity index (χ1n) is 13.2. The van der Waals surface area contributed by atoms with Gasteiger partial charge >= 0.3 is 12.1 Å². The van der Waals surface area contributed by atoms with Crippen molar-refractivity contribution in [3.05, 3.63) is 77.9 Å². The molecule has 0 aliphatic carbocycles. The molecule has 0 aromatic heterocycles. The number of ether oxygens (including phenoxy) is 1. The maximum Gasteiger partial charge on any atom is 0.323 e. The van der Waals surface area contributed by atoms with Crippen LogP contribution in [0.2, 0.25) is 0 Å². The van der Waals surface area contributed by atoms with Crippen molar-refractivity contribution >= 4 is 46.5 Å². The minimum atomic E-state index is -0.446. The van der Waals surface area contributed by atoms with Gasteiger partial charge in [0.1, 0.15) is 17.4 Å². The second-order valence-corrected chi connectivity index (χ2v) is 9.25. The van der Waals surface area contributed by atoms with Gasteiger partial charge in [-0.1, -0.05) is 0 Å². The fraction of sp³-hybridized carbons (Fsp3) is 0.241. The molecule has 2 heterocycles. The van der Waals surface area contributed by atoms with Crippen molar-refractivity contribution in [3.8, 4) is 5.75 Å². The number of aliphatic imine (C=N–C) groups is 2. The Kier molecular flexibility index (Phi) is 8.40. The van der Waals surface area contributed by atoms with E-state index < -0.39 is 12.1 Å². The summed E-state index contributed by atoms with van der Waals surface area (Å²) in [6, 6.07) is 19.1. The number of carbonyl (C=O) groups excluding carboxylic acids is 2. The number of anilines is 4. The first-order valence-corrected chi connectivity index (χ1v) is 13.2. The number of urea groups is 2. The van der Waals surface area contributed by atoms with Gasteiger partial charge in [0.15, 0.2) is 0 Å². The Morgan fingerprint density at radius 2 is 1.15 bits per heavy atom. The summed E-state index contributed by atoms with van der Waals surface area (Å²) in [5, 5.41) is 17.8. The van der Waals surface area contributed by atoms with E-state index in [0.29, 0.717) is 28.5 Å². The maximum absolute atomic E-state index is 12.7. The van der Waals surface area contributed by atoms with Crippen molar-refractivity contribution in [2.45, 2.75) is 12.8 Å². The van der Waals surface area contributed by atoms with Crippen LogP contribution in [0.1, 0.15) is 24.0 Å². The number of nitrogens with zero attached hydrogens (tertiary/aromatic N) is 2. The molecule has 11 nitrogen and oxygen atoms in total. The second-order valence-electron chi connectivity index (χ2n) is 9.25. The van der Waals surface area contributed by atoms with E-state index in [1.807, 2.05) is 48.5 Å². The van der Waals surface area contributed by atoms with E-state index in [4.69, 9.17) is 4.74 Å². The molecule has 2 aliphatic rings. The van der Waals surface area contributed by atoms with Crippen molar-refractivity contribution in [2.75, 3.05) is 54.6 Å². The van der Waals surface area contributed by atoms with Crippen LogP contribution >= 0.6 is 0 Å². The van der Waals surface area contributed by atoms with Gasteiger partial charge in [-0.25, -0.2) is 9.59 Å². The number of benzene rings is 3. The smallest absolute Gasteiger partial charge is 0.323 e. The lowest BCUT2D eigenvalue weighted by Crippen LogP contribution is -2.30. The molecular formula is C29H32N8O3. The van der Waals surface area contributed by atoms with E-state index in [1.54, 1.807) is 18.2 Å². The molecule has 0 radical (unpaired) electrons. The highest BCUT2D eigenvalue weighted by molar-refractivity contribution is 6.04. The average Bonchev–Trinajstić information content (AvgIpc) is 2.99. The van der Waals surface area contributed by atoms with Crippen molar-refractivity contribution in [3.63, 3.8) is 0 Å². The van der Waals surface area contributed by atoms with Crippen LogP contribution in [-0.4, -0.2) is 57.0 Å². The Bertz CT molecular complexity index is 1420. The molecule has 0 bridgehead atoms. The molecule has 40 heavy (non-hydrogen) atoms. The zero-order valence-corrected chi connectivity index (χ0v) is 22.2. The van der Waals surface area contributed by atoms with Gasteiger partial charge in [-0.3, -0.25) is 9.98 Å². The van der Waals surface area contributed by atoms with Crippen LogP contribution in [0.4, 0.5) is 32.3 Å². The van der Waals surface area contributed by atoms with Crippen molar-refractivity contribution in [2.24, 2.45) is 9.98 Å². The van der Waals surface area contributed by atoms with Gasteiger partial charge < -0.3 is 36.6 Å². The number of methoxy groups -OCH3 is 1. The van der Waals surface area contributed by atoms with E-state index in [0.717, 1.165) is 61.8 Å². The van der Waals surface area contributed by atoms with Crippen LogP contribution in [-0.2, 0) is 0 Å². The summed E-state index contributed by atoms with van der Waals surface area (Å²) in [6.07, 6.45) is 2.05. The molecule has 3 aromatic carbocycles. The van der Waals surface area contributed by atoms with E-state index in [1.165, 1.54) is 7.11 Å². The van der Waals surface area contributed by atoms with Gasteiger partial charge in [0, 0.05) is 54.4 Å². The average molecular weight is 541 g/mol. The van der Waals surface area contributed by atoms with Gasteiger partial charge in [0.25, 0.3) is 0 Å². The predicted octanol–water partition coefficient (Wildman–Crippen LogP) is 4.46. The Labute approximate surface area is 232 Å². The zero-order valence-electron chi connectivity index (χ0n) is 22.2. The molecule has 2 aliphatic heterocycles. The minimum absolute atomic E-state index is 0.403. The predicted molar refractivity (Wildman–Crippen MR) is 159 cm³/mol. The summed E-state index contributed by atoms with van der Waals surface area (Å²) in [5.74, 6) is 2.19. The Morgan fingerprint density at radius 1 is 0.675 bits per heavy atom. The van der Waals surface area contributed by atoms with Crippen LogP contribution in [0.5, 0.6) is 5.75 Å². The van der Waals surface area contributed by atoms with Crippen molar-refractivity contribution in [1.29, 1.82) is 0 Å². The van der Waals surface area contributed by atoms with E-state index in [-0.39, 0.29) is 0 Å². The Morgan fingerprint density at radius 3 is 1.62 bits per heavy atom. The minimum Gasteiger partial charge on any atom is -0.495 e. The molecule has 0 saturated heterocycles. The molecule has 0 fully saturated rings. The summed E-state index contributed by atoms with van der Waals surface area (Å²) in [5.41, 5.74) is 4.10. The number of hydrogen-bond donors (Lipinski definition) is 6. The number of amidine groups is 2. The Balaban J connectivity index is 1.18. The number of rotatable bonds is 7. The van der Waals surface area contributed by atoms with Gasteiger partial charge in [-0.05, 0) is 79.6 Å². The Hall–Kier alpha value is -5.06. The molecule has 11 heteroatoms. The first-order chi connectivity index (χ1) is 19.6. The number of nitrogens with one attached hydrogen (secondary N) is 6. The van der Waals surface area contributed by atoms with Gasteiger partial charge in [0.2, 0.25) is 0 Å². The normalized spacial score (nSPS) is 14.4. The number of hydrogen-bond acceptors (Lipinski definition) is 7. The molecule has 6 N–H and O–H groups in total. The van der Waals surface area contributed by atoms with Gasteiger partial charge in [0.05, 0.1) is 12.8 Å². The number of carbonyl (C=O) groups is 2. The largest absolute Gasteiger partial charge is 0.495 e.